The van der Waals surface area contributed by atoms with E-state index in [9.17, 15) is 4.79 Å². The van der Waals surface area contributed by atoms with Crippen LogP contribution in [-0.2, 0) is 4.79 Å². The monoisotopic (exact) mass is 305 g/mol. The van der Waals surface area contributed by atoms with Gasteiger partial charge in [0.15, 0.2) is 0 Å². The summed E-state index contributed by atoms with van der Waals surface area (Å²) in [6.07, 6.45) is 7.04. The van der Waals surface area contributed by atoms with Crippen LogP contribution in [0.3, 0.4) is 0 Å². The van der Waals surface area contributed by atoms with Crippen molar-refractivity contribution in [3.05, 3.63) is 54.4 Å². The largest absolute Gasteiger partial charge is 0.326 e. The van der Waals surface area contributed by atoms with Crippen LogP contribution in [0.1, 0.15) is 24.8 Å². The smallest absolute Gasteiger partial charge is 0.224 e. The van der Waals surface area contributed by atoms with E-state index in [0.717, 1.165) is 28.2 Å². The molecule has 4 heteroatoms. The number of anilines is 1. The van der Waals surface area contributed by atoms with Crippen molar-refractivity contribution >= 4 is 17.2 Å². The summed E-state index contributed by atoms with van der Waals surface area (Å²) in [5, 5.41) is 3.00. The molecule has 4 rings (SSSR count). The lowest BCUT2D eigenvalue weighted by Crippen LogP contribution is -2.11. The van der Waals surface area contributed by atoms with Crippen LogP contribution in [0.25, 0.3) is 16.9 Å². The van der Waals surface area contributed by atoms with Gasteiger partial charge in [0.05, 0.1) is 5.69 Å². The number of benzene rings is 1. The second kappa shape index (κ2) is 5.54. The van der Waals surface area contributed by atoms with Crippen molar-refractivity contribution in [2.45, 2.75) is 26.2 Å². The van der Waals surface area contributed by atoms with Gasteiger partial charge >= 0.3 is 0 Å². The second-order valence-corrected chi connectivity index (χ2v) is 6.32. The van der Waals surface area contributed by atoms with E-state index in [1.807, 2.05) is 47.1 Å². The van der Waals surface area contributed by atoms with E-state index in [1.54, 1.807) is 0 Å². The molecule has 2 heterocycles. The van der Waals surface area contributed by atoms with Gasteiger partial charge < -0.3 is 9.72 Å². The average molecular weight is 305 g/mol. The van der Waals surface area contributed by atoms with E-state index < -0.39 is 0 Å². The van der Waals surface area contributed by atoms with E-state index in [2.05, 4.69) is 18.3 Å². The van der Waals surface area contributed by atoms with E-state index in [0.29, 0.717) is 12.3 Å². The molecule has 0 radical (unpaired) electrons. The number of nitrogens with zero attached hydrogens (tertiary/aromatic N) is 2. The fourth-order valence-corrected chi connectivity index (χ4v) is 2.85. The first-order valence-electron chi connectivity index (χ1n) is 8.04. The highest BCUT2D eigenvalue weighted by atomic mass is 16.1. The number of carbonyl (C=O) groups excluding carboxylic acids is 1. The summed E-state index contributed by atoms with van der Waals surface area (Å²) in [6.45, 7) is 2.06. The van der Waals surface area contributed by atoms with Crippen molar-refractivity contribution in [2.75, 3.05) is 5.32 Å². The molecular formula is C19H19N3O. The van der Waals surface area contributed by atoms with Crippen molar-refractivity contribution in [3.63, 3.8) is 0 Å². The van der Waals surface area contributed by atoms with Gasteiger partial charge in [-0.2, -0.15) is 0 Å². The molecule has 116 valence electrons. The summed E-state index contributed by atoms with van der Waals surface area (Å²) in [6, 6.07) is 12.0. The van der Waals surface area contributed by atoms with E-state index in [1.165, 1.54) is 12.8 Å². The third-order valence-electron chi connectivity index (χ3n) is 4.29. The lowest BCUT2D eigenvalue weighted by molar-refractivity contribution is -0.116. The summed E-state index contributed by atoms with van der Waals surface area (Å²) < 4.78 is 2.03. The lowest BCUT2D eigenvalue weighted by atomic mass is 10.1. The predicted molar refractivity (Wildman–Crippen MR) is 91.3 cm³/mol. The van der Waals surface area contributed by atoms with Crippen molar-refractivity contribution < 1.29 is 4.79 Å². The number of nitrogens with one attached hydrogen (secondary N) is 1. The van der Waals surface area contributed by atoms with Gasteiger partial charge in [0.25, 0.3) is 0 Å². The van der Waals surface area contributed by atoms with Crippen LogP contribution in [-0.4, -0.2) is 15.3 Å². The molecule has 1 aliphatic carbocycles. The first-order valence-corrected chi connectivity index (χ1v) is 8.04. The number of hydrogen-bond donors (Lipinski definition) is 1. The third-order valence-corrected chi connectivity index (χ3v) is 4.29. The molecule has 1 fully saturated rings. The fraction of sp³-hybridized carbons (Fsp3) is 0.263. The minimum atomic E-state index is 0.107. The van der Waals surface area contributed by atoms with Crippen LogP contribution in [0.15, 0.2) is 48.8 Å². The summed E-state index contributed by atoms with van der Waals surface area (Å²) in [5.41, 5.74) is 4.87. The number of aromatic nitrogens is 2. The Morgan fingerprint density at radius 1 is 1.30 bits per heavy atom. The SMILES string of the molecule is Cc1cccn2cc(-c3cccc(NC(=O)CC4CC4)c3)nc12. The summed E-state index contributed by atoms with van der Waals surface area (Å²) >= 11 is 0. The molecule has 1 aliphatic rings. The van der Waals surface area contributed by atoms with Gasteiger partial charge in [-0.1, -0.05) is 18.2 Å². The molecule has 0 unspecified atom stereocenters. The van der Waals surface area contributed by atoms with Gasteiger partial charge in [-0.15, -0.1) is 0 Å². The van der Waals surface area contributed by atoms with Crippen LogP contribution in [0.5, 0.6) is 0 Å². The number of hydrogen-bond acceptors (Lipinski definition) is 2. The molecule has 0 aliphatic heterocycles. The maximum Gasteiger partial charge on any atom is 0.224 e. The quantitative estimate of drug-likeness (QED) is 0.790. The highest BCUT2D eigenvalue weighted by Gasteiger charge is 2.24. The highest BCUT2D eigenvalue weighted by molar-refractivity contribution is 5.91. The molecule has 0 spiro atoms. The Morgan fingerprint density at radius 2 is 2.17 bits per heavy atom. The third kappa shape index (κ3) is 2.97. The molecule has 2 aromatic heterocycles. The van der Waals surface area contributed by atoms with Gasteiger partial charge in [0.1, 0.15) is 5.65 Å². The summed E-state index contributed by atoms with van der Waals surface area (Å²) in [4.78, 5) is 16.7. The molecular weight excluding hydrogens is 286 g/mol. The minimum absolute atomic E-state index is 0.107. The van der Waals surface area contributed by atoms with Crippen LogP contribution in [0.2, 0.25) is 0 Å². The standard InChI is InChI=1S/C19H19N3O/c1-13-4-3-9-22-12-17(21-19(13)22)15-5-2-6-16(11-15)20-18(23)10-14-7-8-14/h2-6,9,11-12,14H,7-8,10H2,1H3,(H,20,23). The number of pyridine rings is 1. The van der Waals surface area contributed by atoms with E-state index >= 15 is 0 Å². The van der Waals surface area contributed by atoms with Gasteiger partial charge in [0, 0.05) is 30.1 Å². The lowest BCUT2D eigenvalue weighted by Gasteiger charge is -2.06. The Labute approximate surface area is 135 Å². The average Bonchev–Trinajstić information content (AvgIpc) is 3.22. The molecule has 1 N–H and O–H groups in total. The van der Waals surface area contributed by atoms with Crippen LogP contribution >= 0.6 is 0 Å². The second-order valence-electron chi connectivity index (χ2n) is 6.32. The first-order chi connectivity index (χ1) is 11.2. The Bertz CT molecular complexity index is 877. The number of fused-ring (bicyclic) bond motifs is 1. The molecule has 0 saturated heterocycles. The number of rotatable bonds is 4. The summed E-state index contributed by atoms with van der Waals surface area (Å²) in [5.74, 6) is 0.704. The molecule has 0 bridgehead atoms. The van der Waals surface area contributed by atoms with Crippen LogP contribution in [0.4, 0.5) is 5.69 Å². The molecule has 1 amide bonds. The van der Waals surface area contributed by atoms with E-state index in [-0.39, 0.29) is 5.91 Å². The Balaban J connectivity index is 1.61. The van der Waals surface area contributed by atoms with Crippen LogP contribution < -0.4 is 5.32 Å². The minimum Gasteiger partial charge on any atom is -0.326 e. The fourth-order valence-electron chi connectivity index (χ4n) is 2.85. The Kier molecular flexibility index (Phi) is 3.37. The van der Waals surface area contributed by atoms with Gasteiger partial charge in [0.2, 0.25) is 5.91 Å². The van der Waals surface area contributed by atoms with Crippen molar-refractivity contribution in [2.24, 2.45) is 5.92 Å². The number of aryl methyl sites for hydroxylation is 1. The molecule has 1 saturated carbocycles. The number of carbonyl (C=O) groups is 1. The Hall–Kier alpha value is -2.62. The van der Waals surface area contributed by atoms with Gasteiger partial charge in [-0.25, -0.2) is 4.98 Å². The normalized spacial score (nSPS) is 14.1. The first kappa shape index (κ1) is 14.0. The zero-order valence-corrected chi connectivity index (χ0v) is 13.1. The molecule has 3 aromatic rings. The Morgan fingerprint density at radius 3 is 2.96 bits per heavy atom. The number of imidazole rings is 1. The topological polar surface area (TPSA) is 46.4 Å². The van der Waals surface area contributed by atoms with Gasteiger partial charge in [-0.05, 0) is 49.4 Å². The predicted octanol–water partition coefficient (Wildman–Crippen LogP) is 4.05. The van der Waals surface area contributed by atoms with Crippen molar-refractivity contribution in [3.8, 4) is 11.3 Å². The highest BCUT2D eigenvalue weighted by Crippen LogP contribution is 2.32. The van der Waals surface area contributed by atoms with Crippen molar-refractivity contribution in [1.29, 1.82) is 0 Å². The number of amides is 1. The maximum atomic E-state index is 12.0. The molecule has 4 nitrogen and oxygen atoms in total. The van der Waals surface area contributed by atoms with Crippen LogP contribution in [0, 0.1) is 12.8 Å². The molecule has 23 heavy (non-hydrogen) atoms. The van der Waals surface area contributed by atoms with E-state index in [4.69, 9.17) is 4.98 Å². The molecule has 1 aromatic carbocycles. The zero-order valence-electron chi connectivity index (χ0n) is 13.1. The molecule has 0 atom stereocenters. The van der Waals surface area contributed by atoms with Gasteiger partial charge in [-0.3, -0.25) is 4.79 Å². The maximum absolute atomic E-state index is 12.0. The van der Waals surface area contributed by atoms with Crippen molar-refractivity contribution in [1.82, 2.24) is 9.38 Å². The zero-order chi connectivity index (χ0) is 15.8. The summed E-state index contributed by atoms with van der Waals surface area (Å²) in [7, 11) is 0.